The second-order valence-electron chi connectivity index (χ2n) is 0.491. The van der Waals surface area contributed by atoms with Gasteiger partial charge in [0, 0.05) is 12.9 Å². The third kappa shape index (κ3) is 3.21. The van der Waals surface area contributed by atoms with Crippen molar-refractivity contribution in [3.05, 3.63) is 12.8 Å². The smallest absolute Gasteiger partial charge is 0.0127 e. The Morgan fingerprint density at radius 3 is 2.40 bits per heavy atom. The van der Waals surface area contributed by atoms with Crippen LogP contribution in [0.2, 0.25) is 0 Å². The maximum absolute atomic E-state index is 3.31. The van der Waals surface area contributed by atoms with Crippen LogP contribution in [-0.2, 0) is 0 Å². The van der Waals surface area contributed by atoms with Crippen LogP contribution in [0.4, 0.5) is 0 Å². The summed E-state index contributed by atoms with van der Waals surface area (Å²) in [5.74, 6) is 0. The first-order valence-corrected chi connectivity index (χ1v) is 1.24. The van der Waals surface area contributed by atoms with Gasteiger partial charge >= 0.3 is 0 Å². The zero-order valence-corrected chi connectivity index (χ0v) is 2.94. The number of hydrogen-bond acceptors (Lipinski definition) is 2. The number of nitrogens with one attached hydrogen (secondary N) is 1. The monoisotopic (exact) mass is 70.1 g/mol. The molecule has 0 radical (unpaired) electrons. The SMILES string of the molecule is C=CNN=C. The van der Waals surface area contributed by atoms with Crippen LogP contribution in [0.5, 0.6) is 0 Å². The van der Waals surface area contributed by atoms with Crippen molar-refractivity contribution in [2.75, 3.05) is 0 Å². The van der Waals surface area contributed by atoms with Gasteiger partial charge < -0.3 is 0 Å². The summed E-state index contributed by atoms with van der Waals surface area (Å²) < 4.78 is 0. The summed E-state index contributed by atoms with van der Waals surface area (Å²) in [7, 11) is 0. The van der Waals surface area contributed by atoms with Crippen LogP contribution in [0, 0.1) is 0 Å². The van der Waals surface area contributed by atoms with Crippen molar-refractivity contribution in [1.29, 1.82) is 0 Å². The highest BCUT2D eigenvalue weighted by Gasteiger charge is 1.43. The zero-order valence-electron chi connectivity index (χ0n) is 2.94. The largest absolute Gasteiger partial charge is 0.287 e. The Bertz CT molecular complexity index is 34.2. The van der Waals surface area contributed by atoms with Crippen molar-refractivity contribution >= 4 is 6.72 Å². The molecule has 0 spiro atoms. The Hall–Kier alpha value is -0.790. The summed E-state index contributed by atoms with van der Waals surface area (Å²) in [4.78, 5) is 0. The highest BCUT2D eigenvalue weighted by atomic mass is 15.3. The summed E-state index contributed by atoms with van der Waals surface area (Å²) in [6.45, 7) is 6.42. The Labute approximate surface area is 31.2 Å². The van der Waals surface area contributed by atoms with Gasteiger partial charge in [0.1, 0.15) is 0 Å². The molecule has 0 heterocycles. The minimum absolute atomic E-state index is 1.45. The molecule has 0 aromatic carbocycles. The molecule has 0 amide bonds. The lowest BCUT2D eigenvalue weighted by molar-refractivity contribution is 0.986. The molecule has 0 aromatic heterocycles. The first-order valence-electron chi connectivity index (χ1n) is 1.24. The van der Waals surface area contributed by atoms with E-state index in [0.29, 0.717) is 0 Å². The molecular formula is C3H6N2. The summed E-state index contributed by atoms with van der Waals surface area (Å²) in [6, 6.07) is 0. The molecule has 0 rings (SSSR count). The summed E-state index contributed by atoms with van der Waals surface area (Å²) in [5.41, 5.74) is 2.39. The zero-order chi connectivity index (χ0) is 4.12. The first kappa shape index (κ1) is 4.21. The first-order chi connectivity index (χ1) is 2.41. The van der Waals surface area contributed by atoms with E-state index in [-0.39, 0.29) is 0 Å². The second-order valence-corrected chi connectivity index (χ2v) is 0.491. The fraction of sp³-hybridized carbons (Fsp3) is 0. The standard InChI is InChI=1S/C3H6N2/c1-3-5-4-2/h3,5H,1-2H2. The number of hydrazone groups is 1. The molecule has 2 nitrogen and oxygen atoms in total. The van der Waals surface area contributed by atoms with Crippen LogP contribution in [0.3, 0.4) is 0 Å². The quantitative estimate of drug-likeness (QED) is 0.367. The molecule has 0 unspecified atom stereocenters. The highest BCUT2D eigenvalue weighted by Crippen LogP contribution is 1.44. The lowest BCUT2D eigenvalue weighted by atomic mass is 11.1. The van der Waals surface area contributed by atoms with Gasteiger partial charge in [-0.05, 0) is 0 Å². The third-order valence-corrected chi connectivity index (χ3v) is 0.183. The average molecular weight is 70.1 g/mol. The van der Waals surface area contributed by atoms with Crippen LogP contribution < -0.4 is 5.43 Å². The number of rotatable bonds is 2. The fourth-order valence-corrected chi connectivity index (χ4v) is 0.0645. The van der Waals surface area contributed by atoms with E-state index in [9.17, 15) is 0 Å². The molecule has 2 heteroatoms. The lowest BCUT2D eigenvalue weighted by Gasteiger charge is -1.75. The molecule has 0 fully saturated rings. The van der Waals surface area contributed by atoms with Crippen molar-refractivity contribution in [2.24, 2.45) is 5.10 Å². The lowest BCUT2D eigenvalue weighted by Crippen LogP contribution is -1.86. The Morgan fingerprint density at radius 1 is 1.80 bits per heavy atom. The molecule has 0 aliphatic rings. The highest BCUT2D eigenvalue weighted by molar-refractivity contribution is 5.22. The van der Waals surface area contributed by atoms with Gasteiger partial charge in [0.05, 0.1) is 0 Å². The molecule has 0 saturated carbocycles. The van der Waals surface area contributed by atoms with Crippen LogP contribution in [0.15, 0.2) is 17.9 Å². The van der Waals surface area contributed by atoms with Gasteiger partial charge in [-0.3, -0.25) is 5.43 Å². The maximum Gasteiger partial charge on any atom is 0.0127 e. The molecule has 28 valence electrons. The molecule has 1 N–H and O–H groups in total. The van der Waals surface area contributed by atoms with Crippen LogP contribution in [-0.4, -0.2) is 6.72 Å². The molecule has 5 heavy (non-hydrogen) atoms. The molecule has 0 aliphatic carbocycles. The van der Waals surface area contributed by atoms with Crippen LogP contribution in [0.1, 0.15) is 0 Å². The van der Waals surface area contributed by atoms with Crippen molar-refractivity contribution < 1.29 is 0 Å². The van der Waals surface area contributed by atoms with Gasteiger partial charge in [0.2, 0.25) is 0 Å². The van der Waals surface area contributed by atoms with Gasteiger partial charge in [-0.15, -0.1) is 0 Å². The van der Waals surface area contributed by atoms with Gasteiger partial charge in [0.25, 0.3) is 0 Å². The molecule has 0 atom stereocenters. The maximum atomic E-state index is 3.31. The van der Waals surface area contributed by atoms with Gasteiger partial charge in [-0.25, -0.2) is 0 Å². The van der Waals surface area contributed by atoms with Crippen molar-refractivity contribution in [3.63, 3.8) is 0 Å². The van der Waals surface area contributed by atoms with Gasteiger partial charge in [0.15, 0.2) is 0 Å². The predicted molar refractivity (Wildman–Crippen MR) is 22.9 cm³/mol. The summed E-state index contributed by atoms with van der Waals surface area (Å²) in [6.07, 6.45) is 1.45. The minimum Gasteiger partial charge on any atom is -0.287 e. The van der Waals surface area contributed by atoms with E-state index in [1.165, 1.54) is 6.20 Å². The van der Waals surface area contributed by atoms with Crippen LogP contribution >= 0.6 is 0 Å². The molecule has 0 aromatic rings. The van der Waals surface area contributed by atoms with Crippen molar-refractivity contribution in [1.82, 2.24) is 5.43 Å². The normalized spacial score (nSPS) is 5.60. The van der Waals surface area contributed by atoms with E-state index >= 15 is 0 Å². The molecule has 0 saturated heterocycles. The van der Waals surface area contributed by atoms with E-state index in [1.807, 2.05) is 0 Å². The number of nitrogens with zero attached hydrogens (tertiary/aromatic N) is 1. The Kier molecular flexibility index (Phi) is 2.70. The Balaban J connectivity index is 2.65. The number of hydrogen-bond donors (Lipinski definition) is 1. The van der Waals surface area contributed by atoms with Crippen LogP contribution in [0.25, 0.3) is 0 Å². The minimum atomic E-state index is 1.45. The molecular weight excluding hydrogens is 64.0 g/mol. The van der Waals surface area contributed by atoms with Crippen molar-refractivity contribution in [3.8, 4) is 0 Å². The molecule has 0 bridgehead atoms. The summed E-state index contributed by atoms with van der Waals surface area (Å²) >= 11 is 0. The van der Waals surface area contributed by atoms with Crippen molar-refractivity contribution in [2.45, 2.75) is 0 Å². The topological polar surface area (TPSA) is 24.4 Å². The van der Waals surface area contributed by atoms with E-state index in [2.05, 4.69) is 23.8 Å². The molecule has 0 aliphatic heterocycles. The van der Waals surface area contributed by atoms with E-state index in [4.69, 9.17) is 0 Å². The third-order valence-electron chi connectivity index (χ3n) is 0.183. The second kappa shape index (κ2) is 3.21. The van der Waals surface area contributed by atoms with E-state index in [0.717, 1.165) is 0 Å². The fourth-order valence-electron chi connectivity index (χ4n) is 0.0645. The van der Waals surface area contributed by atoms with Gasteiger partial charge in [-0.2, -0.15) is 5.10 Å². The van der Waals surface area contributed by atoms with E-state index in [1.54, 1.807) is 0 Å². The summed E-state index contributed by atoms with van der Waals surface area (Å²) in [5, 5.41) is 3.24. The predicted octanol–water partition coefficient (Wildman–Crippen LogP) is 0.335. The van der Waals surface area contributed by atoms with Gasteiger partial charge in [-0.1, -0.05) is 6.58 Å². The Morgan fingerprint density at radius 2 is 2.40 bits per heavy atom. The average Bonchev–Trinajstić information content (AvgIpc) is 1.41. The van der Waals surface area contributed by atoms with E-state index < -0.39 is 0 Å².